The number of aliphatic hydroxyl groups is 2. The molecule has 0 saturated carbocycles. The topological polar surface area (TPSA) is 69.9 Å². The maximum atomic E-state index is 11.0. The Morgan fingerprint density at radius 1 is 1.11 bits per heavy atom. The summed E-state index contributed by atoms with van der Waals surface area (Å²) in [6.45, 7) is 0. The van der Waals surface area contributed by atoms with Gasteiger partial charge in [-0.25, -0.2) is 5.26 Å². The molecule has 0 bridgehead atoms. The Hall–Kier alpha value is -0.370. The molecule has 0 aromatic carbocycles. The molecule has 0 spiro atoms. The van der Waals surface area contributed by atoms with Crippen LogP contribution < -0.4 is 0 Å². The van der Waals surface area contributed by atoms with E-state index in [1.54, 1.807) is 0 Å². The summed E-state index contributed by atoms with van der Waals surface area (Å²) >= 11 is 0. The first-order valence-corrected chi connectivity index (χ1v) is 1.65. The van der Waals surface area contributed by atoms with Crippen molar-refractivity contribution in [2.24, 2.45) is 0 Å². The van der Waals surface area contributed by atoms with Crippen LogP contribution >= 0.6 is 0 Å². The zero-order valence-corrected chi connectivity index (χ0v) is 3.88. The summed E-state index contributed by atoms with van der Waals surface area (Å²) in [6.07, 6.45) is -5.41. The molecule has 7 heteroatoms. The van der Waals surface area contributed by atoms with E-state index in [1.165, 1.54) is 0 Å². The van der Waals surface area contributed by atoms with Crippen LogP contribution in [0.3, 0.4) is 0 Å². The van der Waals surface area contributed by atoms with Crippen molar-refractivity contribution in [3.8, 4) is 0 Å². The molecule has 4 nitrogen and oxygen atoms in total. The monoisotopic (exact) mass is 148 g/mol. The third-order valence-corrected chi connectivity index (χ3v) is 0.497. The van der Waals surface area contributed by atoms with Crippen LogP contribution in [0.1, 0.15) is 0 Å². The lowest BCUT2D eigenvalue weighted by Crippen LogP contribution is -2.46. The van der Waals surface area contributed by atoms with E-state index in [9.17, 15) is 13.2 Å². The van der Waals surface area contributed by atoms with Gasteiger partial charge >= 0.3 is 12.1 Å². The second-order valence-electron chi connectivity index (χ2n) is 1.20. The summed E-state index contributed by atoms with van der Waals surface area (Å²) in [5, 5.41) is 22.4. The van der Waals surface area contributed by atoms with Crippen molar-refractivity contribution in [3.05, 3.63) is 0 Å². The van der Waals surface area contributed by atoms with Gasteiger partial charge in [0.25, 0.3) is 0 Å². The average molecular weight is 148 g/mol. The maximum Gasteiger partial charge on any atom is 0.475 e. The van der Waals surface area contributed by atoms with Crippen molar-refractivity contribution in [1.29, 1.82) is 0 Å². The summed E-state index contributed by atoms with van der Waals surface area (Å²) in [5.74, 6) is -4.47. The van der Waals surface area contributed by atoms with Crippen LogP contribution in [-0.2, 0) is 4.89 Å². The van der Waals surface area contributed by atoms with Gasteiger partial charge in [0, 0.05) is 0 Å². The van der Waals surface area contributed by atoms with Crippen LogP contribution in [0.25, 0.3) is 0 Å². The van der Waals surface area contributed by atoms with Gasteiger partial charge in [0.15, 0.2) is 0 Å². The standard InChI is InChI=1S/C2H3F3O4/c3-1(4,5)2(6,7)9-8/h6-8H. The Labute approximate surface area is 47.0 Å². The zero-order valence-electron chi connectivity index (χ0n) is 3.88. The van der Waals surface area contributed by atoms with Crippen LogP contribution in [-0.4, -0.2) is 27.6 Å². The molecule has 0 saturated heterocycles. The van der Waals surface area contributed by atoms with Crippen molar-refractivity contribution in [1.82, 2.24) is 0 Å². The summed E-state index contributed by atoms with van der Waals surface area (Å²) < 4.78 is 33.1. The fourth-order valence-electron chi connectivity index (χ4n) is 0.0518. The van der Waals surface area contributed by atoms with Crippen molar-refractivity contribution in [3.63, 3.8) is 0 Å². The van der Waals surface area contributed by atoms with E-state index in [0.29, 0.717) is 0 Å². The SMILES string of the molecule is OOC(O)(O)C(F)(F)F. The Bertz CT molecular complexity index is 96.5. The molecule has 0 radical (unpaired) electrons. The highest BCUT2D eigenvalue weighted by Crippen LogP contribution is 2.27. The number of hydrogen-bond donors (Lipinski definition) is 3. The highest BCUT2D eigenvalue weighted by atomic mass is 19.4. The smallest absolute Gasteiger partial charge is 0.334 e. The molecule has 9 heavy (non-hydrogen) atoms. The van der Waals surface area contributed by atoms with E-state index < -0.39 is 12.1 Å². The molecule has 0 aliphatic heterocycles. The van der Waals surface area contributed by atoms with E-state index in [1.807, 2.05) is 0 Å². The molecule has 0 aliphatic rings. The predicted octanol–water partition coefficient (Wildman–Crippen LogP) is -0.323. The zero-order chi connectivity index (χ0) is 7.71. The van der Waals surface area contributed by atoms with Crippen molar-refractivity contribution < 1.29 is 33.5 Å². The van der Waals surface area contributed by atoms with E-state index >= 15 is 0 Å². The molecule has 0 aromatic rings. The quantitative estimate of drug-likeness (QED) is 0.270. The van der Waals surface area contributed by atoms with E-state index in [0.717, 1.165) is 0 Å². The number of rotatable bonds is 1. The Balaban J connectivity index is 4.14. The lowest BCUT2D eigenvalue weighted by molar-refractivity contribution is -0.540. The van der Waals surface area contributed by atoms with Gasteiger partial charge in [-0.2, -0.15) is 18.1 Å². The summed E-state index contributed by atoms with van der Waals surface area (Å²) in [6, 6.07) is 0. The summed E-state index contributed by atoms with van der Waals surface area (Å²) in [7, 11) is 0. The molecule has 0 aliphatic carbocycles. The van der Waals surface area contributed by atoms with Gasteiger partial charge in [-0.3, -0.25) is 0 Å². The molecular formula is C2H3F3O4. The van der Waals surface area contributed by atoms with Crippen LogP contribution in [0.4, 0.5) is 13.2 Å². The van der Waals surface area contributed by atoms with Gasteiger partial charge in [0.2, 0.25) is 0 Å². The molecule has 56 valence electrons. The first-order chi connectivity index (χ1) is 3.81. The lowest BCUT2D eigenvalue weighted by Gasteiger charge is -2.19. The fourth-order valence-corrected chi connectivity index (χ4v) is 0.0518. The lowest BCUT2D eigenvalue weighted by atomic mass is 10.6. The first-order valence-electron chi connectivity index (χ1n) is 1.65. The highest BCUT2D eigenvalue weighted by molar-refractivity contribution is 4.59. The maximum absolute atomic E-state index is 11.0. The Morgan fingerprint density at radius 3 is 1.44 bits per heavy atom. The highest BCUT2D eigenvalue weighted by Gasteiger charge is 2.56. The van der Waals surface area contributed by atoms with Crippen LogP contribution in [0.15, 0.2) is 0 Å². The van der Waals surface area contributed by atoms with Crippen LogP contribution in [0.2, 0.25) is 0 Å². The third kappa shape index (κ3) is 1.79. The largest absolute Gasteiger partial charge is 0.475 e. The van der Waals surface area contributed by atoms with Gasteiger partial charge in [0.1, 0.15) is 0 Å². The molecule has 0 fully saturated rings. The molecule has 0 unspecified atom stereocenters. The van der Waals surface area contributed by atoms with Gasteiger partial charge in [-0.1, -0.05) is 0 Å². The van der Waals surface area contributed by atoms with E-state index in [2.05, 4.69) is 4.89 Å². The van der Waals surface area contributed by atoms with Crippen LogP contribution in [0, 0.1) is 0 Å². The van der Waals surface area contributed by atoms with Gasteiger partial charge in [-0.05, 0) is 0 Å². The first kappa shape index (κ1) is 8.63. The molecule has 0 amide bonds. The second kappa shape index (κ2) is 2.10. The molecule has 0 atom stereocenters. The van der Waals surface area contributed by atoms with E-state index in [4.69, 9.17) is 15.5 Å². The fraction of sp³-hybridized carbons (Fsp3) is 1.00. The van der Waals surface area contributed by atoms with Crippen LogP contribution in [0.5, 0.6) is 0 Å². The Morgan fingerprint density at radius 2 is 1.44 bits per heavy atom. The molecule has 3 N–H and O–H groups in total. The molecular weight excluding hydrogens is 145 g/mol. The van der Waals surface area contributed by atoms with Gasteiger partial charge in [-0.15, -0.1) is 0 Å². The minimum atomic E-state index is -5.41. The van der Waals surface area contributed by atoms with Crippen molar-refractivity contribution in [2.75, 3.05) is 0 Å². The minimum Gasteiger partial charge on any atom is -0.334 e. The third-order valence-electron chi connectivity index (χ3n) is 0.497. The molecule has 0 heterocycles. The second-order valence-corrected chi connectivity index (χ2v) is 1.20. The van der Waals surface area contributed by atoms with Crippen molar-refractivity contribution >= 4 is 0 Å². The molecule has 0 aromatic heterocycles. The molecule has 0 rings (SSSR count). The number of alkyl halides is 3. The van der Waals surface area contributed by atoms with Gasteiger partial charge < -0.3 is 10.2 Å². The normalized spacial score (nSPS) is 14.0. The number of halogens is 3. The summed E-state index contributed by atoms with van der Waals surface area (Å²) in [5.41, 5.74) is 0. The predicted molar refractivity (Wildman–Crippen MR) is 16.9 cm³/mol. The average Bonchev–Trinajstić information content (AvgIpc) is 1.64. The number of hydrogen-bond acceptors (Lipinski definition) is 4. The minimum absolute atomic E-state index is 2.29. The van der Waals surface area contributed by atoms with Crippen molar-refractivity contribution in [2.45, 2.75) is 12.1 Å². The summed E-state index contributed by atoms with van der Waals surface area (Å²) in [4.78, 5) is 2.29. The van der Waals surface area contributed by atoms with Gasteiger partial charge in [0.05, 0.1) is 0 Å². The van der Waals surface area contributed by atoms with E-state index in [-0.39, 0.29) is 0 Å². The Kier molecular flexibility index (Phi) is 2.02.